The summed E-state index contributed by atoms with van der Waals surface area (Å²) in [5, 5.41) is 2.11. The van der Waals surface area contributed by atoms with Gasteiger partial charge >= 0.3 is 0 Å². The first-order chi connectivity index (χ1) is 41.0. The zero-order valence-corrected chi connectivity index (χ0v) is 41.2. The molecule has 13 rings (SSSR count). The van der Waals surface area contributed by atoms with Crippen LogP contribution in [-0.2, 0) is 5.41 Å². The minimum absolute atomic E-state index is 0.111. The van der Waals surface area contributed by atoms with Crippen molar-refractivity contribution in [3.63, 3.8) is 0 Å². The van der Waals surface area contributed by atoms with E-state index in [1.807, 2.05) is 120 Å². The minimum atomic E-state index is -0.582. The minimum Gasteiger partial charge on any atom is -0.458 e. The van der Waals surface area contributed by atoms with E-state index in [1.165, 1.54) is 0 Å². The third kappa shape index (κ3) is 8.35. The molecule has 0 N–H and O–H groups in total. The van der Waals surface area contributed by atoms with E-state index in [9.17, 15) is 5.48 Å². The largest absolute Gasteiger partial charge is 0.458 e. The molecule has 0 radical (unpaired) electrons. The summed E-state index contributed by atoms with van der Waals surface area (Å²) >= 11 is 0. The van der Waals surface area contributed by atoms with Crippen molar-refractivity contribution in [1.29, 1.82) is 0 Å². The molecule has 3 aromatic heterocycles. The van der Waals surface area contributed by atoms with Gasteiger partial charge in [-0.2, -0.15) is 0 Å². The van der Waals surface area contributed by atoms with Crippen LogP contribution < -0.4 is 9.30 Å². The Labute approximate surface area is 451 Å². The third-order valence-electron chi connectivity index (χ3n) is 13.8. The lowest BCUT2D eigenvalue weighted by atomic mass is 9.87. The maximum Gasteiger partial charge on any atom is 0.269 e. The lowest BCUT2D eigenvalue weighted by Gasteiger charge is -2.20. The van der Waals surface area contributed by atoms with Crippen molar-refractivity contribution < 1.29 is 23.0 Å². The van der Waals surface area contributed by atoms with E-state index in [2.05, 4.69) is 98.4 Å². The van der Waals surface area contributed by atoms with Crippen LogP contribution in [0.3, 0.4) is 0 Å². The molecule has 0 saturated heterocycles. The number of rotatable bonds is 10. The van der Waals surface area contributed by atoms with E-state index in [1.54, 1.807) is 22.8 Å². The Morgan fingerprint density at radius 2 is 1.08 bits per heavy atom. The van der Waals surface area contributed by atoms with Crippen LogP contribution in [-0.4, -0.2) is 14.1 Å². The third-order valence-corrected chi connectivity index (χ3v) is 13.8. The highest BCUT2D eigenvalue weighted by Gasteiger charge is 2.23. The number of ether oxygens (including phenoxy) is 1. The maximum absolute atomic E-state index is 9.35. The van der Waals surface area contributed by atoms with E-state index in [0.717, 1.165) is 66.6 Å². The number of aromatic nitrogens is 4. The van der Waals surface area contributed by atoms with E-state index in [4.69, 9.17) is 17.9 Å². The number of hydrogen-bond acceptors (Lipinski definition) is 2. The Bertz CT molecular complexity index is 4660. The van der Waals surface area contributed by atoms with Crippen LogP contribution in [0, 0.1) is 6.33 Å². The van der Waals surface area contributed by atoms with Crippen molar-refractivity contribution in [3.8, 4) is 84.3 Å². The average molecular weight is 975 g/mol. The first-order valence-electron chi connectivity index (χ1n) is 29.8. The molecule has 0 aliphatic carbocycles. The normalized spacial score (nSPS) is 13.5. The molecule has 0 saturated carbocycles. The van der Waals surface area contributed by atoms with Gasteiger partial charge in [0.1, 0.15) is 17.3 Å². The predicted molar refractivity (Wildman–Crippen MR) is 308 cm³/mol. The molecule has 0 fully saturated rings. The van der Waals surface area contributed by atoms with E-state index in [-0.39, 0.29) is 33.4 Å². The molecule has 5 nitrogen and oxygen atoms in total. The number of nitrogens with zero attached hydrogens (tertiary/aromatic N) is 4. The Kier molecular flexibility index (Phi) is 8.90. The van der Waals surface area contributed by atoms with Gasteiger partial charge in [-0.25, -0.2) is 4.98 Å². The van der Waals surface area contributed by atoms with Crippen LogP contribution in [0.5, 0.6) is 11.5 Å². The van der Waals surface area contributed by atoms with Crippen molar-refractivity contribution >= 4 is 32.8 Å². The summed E-state index contributed by atoms with van der Waals surface area (Å²) < 4.78 is 102. The van der Waals surface area contributed by atoms with Crippen molar-refractivity contribution in [2.24, 2.45) is 0 Å². The fourth-order valence-electron chi connectivity index (χ4n) is 10.2. The molecule has 13 aromatic rings. The summed E-state index contributed by atoms with van der Waals surface area (Å²) in [4.78, 5) is 4.87. The van der Waals surface area contributed by atoms with Crippen molar-refractivity contribution in [2.45, 2.75) is 26.2 Å². The zero-order chi connectivity index (χ0) is 59.2. The van der Waals surface area contributed by atoms with Crippen molar-refractivity contribution in [3.05, 3.63) is 273 Å². The molecular weight excluding hydrogens is 913 g/mol. The molecule has 5 heteroatoms. The van der Waals surface area contributed by atoms with Gasteiger partial charge in [0.05, 0.1) is 47.1 Å². The van der Waals surface area contributed by atoms with Gasteiger partial charge in [0.15, 0.2) is 0 Å². The highest BCUT2D eigenvalue weighted by atomic mass is 16.5. The van der Waals surface area contributed by atoms with Crippen LogP contribution in [0.25, 0.3) is 106 Å². The van der Waals surface area contributed by atoms with Crippen LogP contribution in [0.15, 0.2) is 261 Å². The van der Waals surface area contributed by atoms with Crippen LogP contribution >= 0.6 is 0 Å². The fraction of sp³-hybridized carbons (Fsp3) is 0.0571. The topological polar surface area (TPSA) is 35.9 Å². The fourth-order valence-corrected chi connectivity index (χ4v) is 10.2. The maximum atomic E-state index is 9.35. The summed E-state index contributed by atoms with van der Waals surface area (Å²) in [5.41, 5.74) is 10.3. The SMILES string of the molecule is [2H]c1c([2H])c([2H])c(-c2cccc(-c3c([2H])c([2H])c([2H])c([2H])c3[2H])c2-[n+]2[c-]n(-c3cccc(Oc4ccc5c6ccccc6n(-c6cc(C(C)(C)C)ccn6)c5c4)c3)c3ccc(-c4c(-c5ccccc5)cccc4-c4ccccc4)cc32)c([2H])c1[2H]. The molecule has 358 valence electrons. The van der Waals surface area contributed by atoms with Gasteiger partial charge in [-0.15, -0.1) is 0 Å². The summed E-state index contributed by atoms with van der Waals surface area (Å²) in [6.07, 6.45) is 5.46. The Balaban J connectivity index is 1.07. The van der Waals surface area contributed by atoms with Crippen molar-refractivity contribution in [2.75, 3.05) is 0 Å². The number of pyridine rings is 1. The van der Waals surface area contributed by atoms with E-state index >= 15 is 0 Å². The zero-order valence-electron chi connectivity index (χ0n) is 51.2. The molecule has 3 heterocycles. The van der Waals surface area contributed by atoms with Gasteiger partial charge in [0.25, 0.3) is 6.33 Å². The molecule has 0 amide bonds. The Hall–Kier alpha value is -9.58. The number of para-hydroxylation sites is 2. The summed E-state index contributed by atoms with van der Waals surface area (Å²) in [6, 6.07) is 57.9. The molecule has 0 aliphatic rings. The molecule has 10 aromatic carbocycles. The monoisotopic (exact) mass is 974 g/mol. The van der Waals surface area contributed by atoms with Gasteiger partial charge in [0, 0.05) is 23.0 Å². The summed E-state index contributed by atoms with van der Waals surface area (Å²) in [5.74, 6) is 1.85. The predicted octanol–water partition coefficient (Wildman–Crippen LogP) is 17.6. The standard InChI is InChI=1S/C70H52N4O/c1-70(2,3)53-41-42-71-67(44-53)74-63-36-17-16-31-61(63)62-39-38-56(46-65(62)74)75-55-30-18-29-54(45-55)72-47-73(69-59(50-25-12-6-13-26-50)34-20-35-60(69)51-27-14-7-15-28-51)66-43-52(37-40-64(66)72)68-57(48-21-8-4-9-22-48)32-19-33-58(68)49-23-10-5-11-24-49/h4-46H,1-3H3/i6D,7D,12D,13D,14D,15D,25D,26D,27D,28D. The second-order valence-electron chi connectivity index (χ2n) is 19.4. The Morgan fingerprint density at radius 3 is 1.75 bits per heavy atom. The first-order valence-corrected chi connectivity index (χ1v) is 24.8. The van der Waals surface area contributed by atoms with Gasteiger partial charge in [0.2, 0.25) is 0 Å². The number of hydrogen-bond donors (Lipinski definition) is 0. The smallest absolute Gasteiger partial charge is 0.269 e. The number of benzene rings is 10. The highest BCUT2D eigenvalue weighted by molar-refractivity contribution is 6.09. The lowest BCUT2D eigenvalue weighted by molar-refractivity contribution is -0.571. The number of fused-ring (bicyclic) bond motifs is 4. The lowest BCUT2D eigenvalue weighted by Crippen LogP contribution is -2.31. The molecule has 0 bridgehead atoms. The highest BCUT2D eigenvalue weighted by Crippen LogP contribution is 2.43. The second kappa shape index (κ2) is 18.8. The van der Waals surface area contributed by atoms with Crippen LogP contribution in [0.1, 0.15) is 40.0 Å². The molecule has 0 aliphatic heterocycles. The van der Waals surface area contributed by atoms with E-state index < -0.39 is 60.4 Å². The van der Waals surface area contributed by atoms with Gasteiger partial charge in [-0.3, -0.25) is 13.7 Å². The number of imidazole rings is 1. The van der Waals surface area contributed by atoms with Crippen molar-refractivity contribution in [1.82, 2.24) is 14.1 Å². The summed E-state index contributed by atoms with van der Waals surface area (Å²) in [7, 11) is 0. The first kappa shape index (κ1) is 35.5. The van der Waals surface area contributed by atoms with Gasteiger partial charge in [-0.05, 0) is 121 Å². The second-order valence-corrected chi connectivity index (χ2v) is 19.4. The molecule has 75 heavy (non-hydrogen) atoms. The van der Waals surface area contributed by atoms with Crippen LogP contribution in [0.2, 0.25) is 0 Å². The molecule has 0 spiro atoms. The average Bonchev–Trinajstić information content (AvgIpc) is 2.42. The quantitative estimate of drug-likeness (QED) is 0.101. The molecule has 0 atom stereocenters. The summed E-state index contributed by atoms with van der Waals surface area (Å²) in [6.45, 7) is 6.55. The van der Waals surface area contributed by atoms with Gasteiger partial charge < -0.3 is 4.74 Å². The molecule has 0 unspecified atom stereocenters. The van der Waals surface area contributed by atoms with E-state index in [0.29, 0.717) is 28.2 Å². The van der Waals surface area contributed by atoms with Gasteiger partial charge in [-0.1, -0.05) is 215 Å². The Morgan fingerprint density at radius 1 is 0.480 bits per heavy atom. The molecular formula is C70H52N4O. The van der Waals surface area contributed by atoms with Crippen LogP contribution in [0.4, 0.5) is 0 Å².